The van der Waals surface area contributed by atoms with E-state index in [9.17, 15) is 58.5 Å². The fourth-order valence-corrected chi connectivity index (χ4v) is 10.3. The summed E-state index contributed by atoms with van der Waals surface area (Å²) in [4.78, 5) is 78.3. The van der Waals surface area contributed by atoms with Gasteiger partial charge >= 0.3 is 33.3 Å². The number of unbranched alkanes of at least 4 members (excludes halogenated alkanes) is 2. The number of aliphatic hydroxyl groups is 4. The van der Waals surface area contributed by atoms with E-state index in [0.29, 0.717) is 44.9 Å². The maximum Gasteiger partial charge on any atom is 0.481 e. The van der Waals surface area contributed by atoms with Crippen LogP contribution in [0.5, 0.6) is 0 Å². The van der Waals surface area contributed by atoms with Crippen LogP contribution < -0.4 is 11.4 Å². The number of hydrogen-bond donors (Lipinski definition) is 7. The van der Waals surface area contributed by atoms with Crippen molar-refractivity contribution in [2.75, 3.05) is 25.6 Å². The fourth-order valence-electron chi connectivity index (χ4n) is 8.19. The molecule has 3 rings (SSSR count). The van der Waals surface area contributed by atoms with E-state index >= 15 is 0 Å². The van der Waals surface area contributed by atoms with Crippen LogP contribution in [0.1, 0.15) is 142 Å². The molecule has 0 aliphatic carbocycles. The second-order valence-electron chi connectivity index (χ2n) is 18.8. The topological polar surface area (TPSA) is 323 Å². The van der Waals surface area contributed by atoms with Gasteiger partial charge in [-0.2, -0.15) is 9.29 Å². The number of carbonyl (C=O) groups excluding carboxylic acids is 3. The molecular weight excluding hydrogens is 1040 g/mol. The highest BCUT2D eigenvalue weighted by atomic mass is 31.3. The van der Waals surface area contributed by atoms with Crippen LogP contribution in [-0.4, -0.2) is 114 Å². The van der Waals surface area contributed by atoms with Crippen LogP contribution in [0.3, 0.4) is 0 Å². The average Bonchev–Trinajstić information content (AvgIpc) is 3.37. The van der Waals surface area contributed by atoms with Crippen molar-refractivity contribution in [3.05, 3.63) is 108 Å². The first-order chi connectivity index (χ1) is 36.9. The third-order valence-electron chi connectivity index (χ3n) is 12.4. The Hall–Kier alpha value is -4.47. The van der Waals surface area contributed by atoms with Crippen molar-refractivity contribution < 1.29 is 81.3 Å². The lowest BCUT2D eigenvalue weighted by atomic mass is 9.83. The van der Waals surface area contributed by atoms with E-state index in [0.717, 1.165) is 49.5 Å². The fraction of sp³-hybridized carbons (Fsp3) is 0.611. The van der Waals surface area contributed by atoms with E-state index in [1.807, 2.05) is 25.2 Å². The van der Waals surface area contributed by atoms with Crippen molar-refractivity contribution in [1.29, 1.82) is 0 Å². The molecule has 2 aliphatic rings. The number of cyclic esters (lactones) is 1. The van der Waals surface area contributed by atoms with Gasteiger partial charge in [0.05, 0.1) is 37.4 Å². The monoisotopic (exact) mass is 1120 g/mol. The average molecular weight is 1120 g/mol. The van der Waals surface area contributed by atoms with Gasteiger partial charge in [-0.15, -0.1) is 0 Å². The molecule has 0 amide bonds. The van der Waals surface area contributed by atoms with E-state index in [1.165, 1.54) is 24.4 Å². The van der Waals surface area contributed by atoms with Gasteiger partial charge in [0.1, 0.15) is 36.6 Å². The normalized spacial score (nSPS) is 29.0. The lowest BCUT2D eigenvalue weighted by Crippen LogP contribution is -2.51. The number of Topliss-reactive ketones (excluding diaryl/α,β-unsaturated/α-hetero) is 1. The molecule has 0 aromatic carbocycles. The first-order valence-electron chi connectivity index (χ1n) is 26.7. The van der Waals surface area contributed by atoms with Gasteiger partial charge in [-0.1, -0.05) is 137 Å². The number of allylic oxidation sites excluding steroid dienone is 12. The number of aliphatic hydroxyl groups excluding tert-OH is 4. The van der Waals surface area contributed by atoms with E-state index in [4.69, 9.17) is 29.0 Å². The molecule has 2 aliphatic heterocycles. The summed E-state index contributed by atoms with van der Waals surface area (Å²) in [7, 11) is -11.4. The van der Waals surface area contributed by atoms with Gasteiger partial charge in [0.2, 0.25) is 0 Å². The molecule has 2 saturated heterocycles. The van der Waals surface area contributed by atoms with Crippen LogP contribution in [0.15, 0.2) is 102 Å². The Morgan fingerprint density at radius 2 is 1.42 bits per heavy atom. The lowest BCUT2D eigenvalue weighted by Gasteiger charge is -2.39. The van der Waals surface area contributed by atoms with Crippen LogP contribution >= 0.6 is 15.6 Å². The first-order valence-corrected chi connectivity index (χ1v) is 29.7. The molecule has 1 aromatic heterocycles. The zero-order valence-electron chi connectivity index (χ0n) is 44.4. The standard InChI is InChI=1S/C54H83N3O18P2/c1-3-5-7-8-9-10-11-12-13-14-15-16-17-18-19-20-21-22-28-32-50(62)73-42-38-70-49(61)31-27-24-23-26-30-44-46(60)37-45(59)43(34-33-41(58)29-25-6-4-2)51(63)52(64)47(40-72-77(68,69)75-76(66,67)71-39-42)74-53(44)57-36-35-48(55)56-54(57)65/h5,7,9-10,12-13,15-16,18-19,21-22,33-36,41-44,46-47,51-53,58,60,63-64H,3-4,6,8,11,14,17,20,23-32,37-40H2,1-2H3,(H,66,67)(H,68,69)(H2,55,56,65)/b7-5-,10-9-,13-12-,16-15-,19-18-,22-21-,34-33+/t41-,42+,43-,44-,46-,47+,51-,52+,53+/m0/s1. The molecule has 2 unspecified atom stereocenters. The number of nitrogen functional groups attached to an aromatic ring is 1. The van der Waals surface area contributed by atoms with Gasteiger partial charge in [0, 0.05) is 31.4 Å². The van der Waals surface area contributed by atoms with Gasteiger partial charge in [-0.05, 0) is 70.3 Å². The smallest absolute Gasteiger partial charge is 0.462 e. The Kier molecular flexibility index (Phi) is 32.5. The molecule has 1 aromatic rings. The number of rotatable bonds is 22. The second-order valence-corrected chi connectivity index (χ2v) is 21.8. The molecule has 0 radical (unpaired) electrons. The quantitative estimate of drug-likeness (QED) is 0.0250. The molecule has 3 heterocycles. The van der Waals surface area contributed by atoms with Gasteiger partial charge in [-0.25, -0.2) is 13.9 Å². The number of phosphoric acid groups is 2. The van der Waals surface area contributed by atoms with Crippen LogP contribution in [0.2, 0.25) is 0 Å². The molecule has 432 valence electrons. The lowest BCUT2D eigenvalue weighted by molar-refractivity contribution is -0.188. The van der Waals surface area contributed by atoms with Crippen molar-refractivity contribution in [1.82, 2.24) is 9.55 Å². The number of hydrogen-bond acceptors (Lipinski definition) is 18. The molecule has 8 N–H and O–H groups in total. The highest BCUT2D eigenvalue weighted by Gasteiger charge is 2.45. The molecule has 21 nitrogen and oxygen atoms in total. The maximum absolute atomic E-state index is 14.0. The summed E-state index contributed by atoms with van der Waals surface area (Å²) < 4.78 is 59.0. The van der Waals surface area contributed by atoms with E-state index in [1.54, 1.807) is 6.08 Å². The highest BCUT2D eigenvalue weighted by Crippen LogP contribution is 2.60. The minimum Gasteiger partial charge on any atom is -0.462 e. The van der Waals surface area contributed by atoms with Crippen LogP contribution in [0.25, 0.3) is 0 Å². The van der Waals surface area contributed by atoms with Gasteiger partial charge in [-0.3, -0.25) is 28.0 Å². The summed E-state index contributed by atoms with van der Waals surface area (Å²) >= 11 is 0. The Morgan fingerprint density at radius 1 is 0.818 bits per heavy atom. The number of fused-ring (bicyclic) bond motifs is 3. The summed E-state index contributed by atoms with van der Waals surface area (Å²) in [5, 5.41) is 45.8. The number of phosphoric ester groups is 2. The van der Waals surface area contributed by atoms with Gasteiger partial charge in [0.15, 0.2) is 6.10 Å². The van der Waals surface area contributed by atoms with E-state index < -0.39 is 120 Å². The van der Waals surface area contributed by atoms with Crippen molar-refractivity contribution >= 4 is 39.2 Å². The molecule has 77 heavy (non-hydrogen) atoms. The number of ether oxygens (including phenoxy) is 3. The van der Waals surface area contributed by atoms with Gasteiger partial charge in [0.25, 0.3) is 0 Å². The van der Waals surface area contributed by atoms with Crippen molar-refractivity contribution in [2.24, 2.45) is 11.8 Å². The van der Waals surface area contributed by atoms with Crippen molar-refractivity contribution in [3.63, 3.8) is 0 Å². The minimum absolute atomic E-state index is 0.0447. The number of anilines is 1. The maximum atomic E-state index is 14.0. The number of nitrogens with two attached hydrogens (primary N) is 1. The molecular formula is C54H83N3O18P2. The summed E-state index contributed by atoms with van der Waals surface area (Å²) in [5.41, 5.74) is 4.77. The van der Waals surface area contributed by atoms with Crippen LogP contribution in [-0.2, 0) is 51.1 Å². The highest BCUT2D eigenvalue weighted by molar-refractivity contribution is 7.61. The number of ketones is 1. The molecule has 11 atom stereocenters. The summed E-state index contributed by atoms with van der Waals surface area (Å²) in [5.74, 6) is -5.19. The predicted octanol–water partition coefficient (Wildman–Crippen LogP) is 8.03. The number of aromatic nitrogens is 2. The molecule has 2 bridgehead atoms. The summed E-state index contributed by atoms with van der Waals surface area (Å²) in [6.45, 7) is 1.28. The van der Waals surface area contributed by atoms with Crippen LogP contribution in [0, 0.1) is 11.8 Å². The third-order valence-corrected chi connectivity index (χ3v) is 15.0. The molecule has 2 fully saturated rings. The zero-order valence-corrected chi connectivity index (χ0v) is 46.2. The molecule has 23 heteroatoms. The van der Waals surface area contributed by atoms with E-state index in [-0.39, 0.29) is 31.5 Å². The summed E-state index contributed by atoms with van der Waals surface area (Å²) in [6, 6.07) is 1.24. The van der Waals surface area contributed by atoms with Crippen LogP contribution in [0.4, 0.5) is 5.82 Å². The Balaban J connectivity index is 1.76. The van der Waals surface area contributed by atoms with Crippen molar-refractivity contribution in [3.8, 4) is 0 Å². The number of carbonyl (C=O) groups is 3. The predicted molar refractivity (Wildman–Crippen MR) is 289 cm³/mol. The Labute approximate surface area is 452 Å². The minimum atomic E-state index is -5.74. The van der Waals surface area contributed by atoms with Gasteiger partial charge < -0.3 is 50.2 Å². The number of esters is 2. The van der Waals surface area contributed by atoms with E-state index in [2.05, 4.69) is 64.8 Å². The first kappa shape index (κ1) is 66.8. The molecule has 0 saturated carbocycles. The largest absolute Gasteiger partial charge is 0.481 e. The SMILES string of the molecule is CC/C=C\C/C=C\C/C=C\C/C=C\C/C=C\C/C=C\CCC(=O)O[C@@H]1COC(=O)CCCCCC[C@@H]2[C@H](n3ccc(N)nc3=O)O[C@H](COP(=O)(O)OP(=O)(O)OC1)[C@@H](O)[C@@H](O)[C@@H](/C=C/[C@@H](O)CCCCC)C(=O)C[C@@H]2O. The number of nitrogens with zero attached hydrogens (tertiary/aromatic N) is 2. The third kappa shape index (κ3) is 27.8. The van der Waals surface area contributed by atoms with Crippen molar-refractivity contribution in [2.45, 2.75) is 179 Å². The molecule has 0 spiro atoms. The Morgan fingerprint density at radius 3 is 2.03 bits per heavy atom. The summed E-state index contributed by atoms with van der Waals surface area (Å²) in [6.07, 6.45) is 25.1. The zero-order chi connectivity index (χ0) is 56.5. The Bertz CT molecular complexity index is 2300. The second kappa shape index (κ2) is 37.4.